The standard InChI is InChI=1S/C14H13FN6/c1-8-2-3-12(7-13(8)15)21-14(18-19-20-21)9-4-10(16)6-11(17)5-9/h2-7H,16-17H2,1H3. The summed E-state index contributed by atoms with van der Waals surface area (Å²) < 4.78 is 15.2. The Hall–Kier alpha value is -2.96. The Morgan fingerprint density at radius 3 is 2.43 bits per heavy atom. The molecule has 6 nitrogen and oxygen atoms in total. The van der Waals surface area contributed by atoms with E-state index in [9.17, 15) is 4.39 Å². The molecule has 0 saturated heterocycles. The van der Waals surface area contributed by atoms with Crippen molar-refractivity contribution in [1.82, 2.24) is 20.2 Å². The van der Waals surface area contributed by atoms with Crippen molar-refractivity contribution in [2.45, 2.75) is 6.92 Å². The normalized spacial score (nSPS) is 10.8. The first-order valence-electron chi connectivity index (χ1n) is 6.26. The third-order valence-electron chi connectivity index (χ3n) is 3.11. The summed E-state index contributed by atoms with van der Waals surface area (Å²) in [6.45, 7) is 1.69. The third-order valence-corrected chi connectivity index (χ3v) is 3.11. The highest BCUT2D eigenvalue weighted by molar-refractivity contribution is 5.68. The van der Waals surface area contributed by atoms with Crippen LogP contribution >= 0.6 is 0 Å². The first kappa shape index (κ1) is 13.0. The van der Waals surface area contributed by atoms with Gasteiger partial charge in [0.15, 0.2) is 5.82 Å². The summed E-state index contributed by atoms with van der Waals surface area (Å²) in [5.41, 5.74) is 14.3. The van der Waals surface area contributed by atoms with Crippen LogP contribution in [0.4, 0.5) is 15.8 Å². The smallest absolute Gasteiger partial charge is 0.187 e. The van der Waals surface area contributed by atoms with E-state index in [1.165, 1.54) is 10.7 Å². The van der Waals surface area contributed by atoms with Gasteiger partial charge >= 0.3 is 0 Å². The van der Waals surface area contributed by atoms with E-state index < -0.39 is 0 Å². The van der Waals surface area contributed by atoms with Gasteiger partial charge in [-0.1, -0.05) is 6.07 Å². The van der Waals surface area contributed by atoms with Crippen molar-refractivity contribution in [3.63, 3.8) is 0 Å². The third kappa shape index (κ3) is 2.40. The summed E-state index contributed by atoms with van der Waals surface area (Å²) in [7, 11) is 0. The quantitative estimate of drug-likeness (QED) is 0.701. The molecule has 0 aliphatic heterocycles. The van der Waals surface area contributed by atoms with Gasteiger partial charge in [-0.05, 0) is 53.2 Å². The number of nitrogen functional groups attached to an aromatic ring is 2. The number of benzene rings is 2. The van der Waals surface area contributed by atoms with E-state index in [0.717, 1.165) is 0 Å². The second-order valence-electron chi connectivity index (χ2n) is 4.74. The molecular weight excluding hydrogens is 271 g/mol. The molecule has 0 radical (unpaired) electrons. The van der Waals surface area contributed by atoms with Gasteiger partial charge in [-0.3, -0.25) is 0 Å². The molecule has 4 N–H and O–H groups in total. The van der Waals surface area contributed by atoms with Crippen molar-refractivity contribution in [2.75, 3.05) is 11.5 Å². The van der Waals surface area contributed by atoms with Gasteiger partial charge in [0.05, 0.1) is 5.69 Å². The Morgan fingerprint density at radius 1 is 1.05 bits per heavy atom. The van der Waals surface area contributed by atoms with Gasteiger partial charge in [-0.25, -0.2) is 4.39 Å². The molecule has 1 heterocycles. The zero-order chi connectivity index (χ0) is 15.0. The Bertz CT molecular complexity index is 791. The number of hydrogen-bond donors (Lipinski definition) is 2. The van der Waals surface area contributed by atoms with Gasteiger partial charge in [-0.2, -0.15) is 4.68 Å². The number of halogens is 1. The number of hydrogen-bond acceptors (Lipinski definition) is 5. The lowest BCUT2D eigenvalue weighted by Gasteiger charge is -2.07. The Morgan fingerprint density at radius 2 is 1.76 bits per heavy atom. The fraction of sp³-hybridized carbons (Fsp3) is 0.0714. The minimum atomic E-state index is -0.318. The molecule has 0 spiro atoms. The van der Waals surface area contributed by atoms with Crippen LogP contribution in [0.15, 0.2) is 36.4 Å². The molecule has 3 aromatic rings. The van der Waals surface area contributed by atoms with E-state index >= 15 is 0 Å². The molecule has 0 bridgehead atoms. The van der Waals surface area contributed by atoms with Crippen LogP contribution < -0.4 is 11.5 Å². The fourth-order valence-corrected chi connectivity index (χ4v) is 2.06. The van der Waals surface area contributed by atoms with Gasteiger partial charge in [0, 0.05) is 16.9 Å². The topological polar surface area (TPSA) is 95.6 Å². The predicted molar refractivity (Wildman–Crippen MR) is 78.1 cm³/mol. The number of aromatic nitrogens is 4. The van der Waals surface area contributed by atoms with Crippen molar-refractivity contribution in [2.24, 2.45) is 0 Å². The maximum Gasteiger partial charge on any atom is 0.187 e. The number of rotatable bonds is 2. The summed E-state index contributed by atoms with van der Waals surface area (Å²) in [4.78, 5) is 0. The molecule has 7 heteroatoms. The monoisotopic (exact) mass is 284 g/mol. The predicted octanol–water partition coefficient (Wildman–Crippen LogP) is 1.94. The Kier molecular flexibility index (Phi) is 3.02. The summed E-state index contributed by atoms with van der Waals surface area (Å²) in [6.07, 6.45) is 0. The minimum absolute atomic E-state index is 0.318. The van der Waals surface area contributed by atoms with Crippen molar-refractivity contribution < 1.29 is 4.39 Å². The van der Waals surface area contributed by atoms with Crippen molar-refractivity contribution in [1.29, 1.82) is 0 Å². The molecular formula is C14H13FN6. The van der Waals surface area contributed by atoms with Gasteiger partial charge in [-0.15, -0.1) is 5.10 Å². The molecule has 0 aliphatic carbocycles. The van der Waals surface area contributed by atoms with Gasteiger partial charge in [0.1, 0.15) is 5.82 Å². The molecule has 21 heavy (non-hydrogen) atoms. The molecule has 106 valence electrons. The van der Waals surface area contributed by atoms with Gasteiger partial charge in [0.2, 0.25) is 0 Å². The lowest BCUT2D eigenvalue weighted by molar-refractivity contribution is 0.615. The molecule has 0 fully saturated rings. The molecule has 0 amide bonds. The first-order valence-corrected chi connectivity index (χ1v) is 6.26. The van der Waals surface area contributed by atoms with Crippen LogP contribution in [-0.4, -0.2) is 20.2 Å². The lowest BCUT2D eigenvalue weighted by atomic mass is 10.1. The van der Waals surface area contributed by atoms with Crippen molar-refractivity contribution >= 4 is 11.4 Å². The Labute approximate surface area is 120 Å². The van der Waals surface area contributed by atoms with E-state index in [2.05, 4.69) is 15.5 Å². The van der Waals surface area contributed by atoms with Crippen LogP contribution in [0.25, 0.3) is 17.1 Å². The summed E-state index contributed by atoms with van der Waals surface area (Å²) >= 11 is 0. The first-order chi connectivity index (χ1) is 10.0. The number of anilines is 2. The molecule has 0 saturated carbocycles. The highest BCUT2D eigenvalue weighted by Crippen LogP contribution is 2.24. The summed E-state index contributed by atoms with van der Waals surface area (Å²) in [6, 6.07) is 9.86. The number of nitrogens with two attached hydrogens (primary N) is 2. The number of nitrogens with zero attached hydrogens (tertiary/aromatic N) is 4. The summed E-state index contributed by atoms with van der Waals surface area (Å²) in [5, 5.41) is 11.5. The van der Waals surface area contributed by atoms with Crippen molar-refractivity contribution in [3.8, 4) is 17.1 Å². The largest absolute Gasteiger partial charge is 0.399 e. The highest BCUT2D eigenvalue weighted by atomic mass is 19.1. The lowest BCUT2D eigenvalue weighted by Crippen LogP contribution is -2.02. The van der Waals surface area contributed by atoms with Crippen LogP contribution in [-0.2, 0) is 0 Å². The van der Waals surface area contributed by atoms with E-state index in [4.69, 9.17) is 11.5 Å². The zero-order valence-corrected chi connectivity index (χ0v) is 11.3. The molecule has 0 atom stereocenters. The van der Waals surface area contributed by atoms with Crippen LogP contribution in [0, 0.1) is 12.7 Å². The van der Waals surface area contributed by atoms with E-state index in [1.807, 2.05) is 0 Å². The highest BCUT2D eigenvalue weighted by Gasteiger charge is 2.13. The SMILES string of the molecule is Cc1ccc(-n2nnnc2-c2cc(N)cc(N)c2)cc1F. The van der Waals surface area contributed by atoms with Crippen LogP contribution in [0.2, 0.25) is 0 Å². The Balaban J connectivity index is 2.14. The molecule has 0 aliphatic rings. The fourth-order valence-electron chi connectivity index (χ4n) is 2.06. The van der Waals surface area contributed by atoms with Crippen LogP contribution in [0.5, 0.6) is 0 Å². The molecule has 2 aromatic carbocycles. The van der Waals surface area contributed by atoms with Crippen LogP contribution in [0.3, 0.4) is 0 Å². The summed E-state index contributed by atoms with van der Waals surface area (Å²) in [5.74, 6) is 0.123. The molecule has 0 unspecified atom stereocenters. The maximum atomic E-state index is 13.7. The van der Waals surface area contributed by atoms with E-state index in [1.54, 1.807) is 37.3 Å². The van der Waals surface area contributed by atoms with Gasteiger partial charge < -0.3 is 11.5 Å². The van der Waals surface area contributed by atoms with E-state index in [-0.39, 0.29) is 5.82 Å². The van der Waals surface area contributed by atoms with Crippen molar-refractivity contribution in [3.05, 3.63) is 47.8 Å². The zero-order valence-electron chi connectivity index (χ0n) is 11.3. The second kappa shape index (κ2) is 4.86. The number of tetrazole rings is 1. The average molecular weight is 284 g/mol. The van der Waals surface area contributed by atoms with Gasteiger partial charge in [0.25, 0.3) is 0 Å². The maximum absolute atomic E-state index is 13.7. The second-order valence-corrected chi connectivity index (χ2v) is 4.74. The molecule has 3 rings (SSSR count). The van der Waals surface area contributed by atoms with Crippen LogP contribution in [0.1, 0.15) is 5.56 Å². The van der Waals surface area contributed by atoms with E-state index in [0.29, 0.717) is 34.0 Å². The minimum Gasteiger partial charge on any atom is -0.399 e. The number of aryl methyl sites for hydroxylation is 1. The average Bonchev–Trinajstić information content (AvgIpc) is 2.90. The molecule has 1 aromatic heterocycles.